The number of unbranched alkanes of at least 4 members (excludes halogenated alkanes) is 1. The largest absolute Gasteiger partial charge is 0.496 e. The van der Waals surface area contributed by atoms with Crippen molar-refractivity contribution in [1.82, 2.24) is 9.99 Å². The van der Waals surface area contributed by atoms with Gasteiger partial charge in [0.05, 0.1) is 39.0 Å². The van der Waals surface area contributed by atoms with Crippen LogP contribution < -0.4 is 29.8 Å². The Labute approximate surface area is 323 Å². The highest BCUT2D eigenvalue weighted by atomic mass is 35.5. The number of carbonyl (C=O) groups is 2. The zero-order valence-corrected chi connectivity index (χ0v) is 33.1. The molecule has 0 bridgehead atoms. The molecule has 1 fully saturated rings. The first kappa shape index (κ1) is 40.9. The molecule has 11 nitrogen and oxygen atoms in total. The number of primary amides is 1. The first-order valence-corrected chi connectivity index (χ1v) is 20.4. The maximum atomic E-state index is 14.5. The summed E-state index contributed by atoms with van der Waals surface area (Å²) in [7, 11) is 0.904. The number of carbonyl (C=O) groups excluding carboxylic acids is 2. The van der Waals surface area contributed by atoms with E-state index in [2.05, 4.69) is 5.32 Å². The summed E-state index contributed by atoms with van der Waals surface area (Å²) >= 11 is 5.92. The van der Waals surface area contributed by atoms with Crippen LogP contribution in [0, 0.1) is 5.92 Å². The minimum atomic E-state index is -3.94. The highest BCUT2D eigenvalue weighted by Gasteiger charge is 2.33. The molecule has 0 saturated heterocycles. The summed E-state index contributed by atoms with van der Waals surface area (Å²) < 4.78 is 45.7. The molecule has 0 aromatic heterocycles. The van der Waals surface area contributed by atoms with Gasteiger partial charge in [-0.15, -0.1) is 11.6 Å². The number of hydrogen-bond acceptors (Lipinski definition) is 8. The quantitative estimate of drug-likeness (QED) is 0.0542. The van der Waals surface area contributed by atoms with E-state index in [4.69, 9.17) is 40.6 Å². The van der Waals surface area contributed by atoms with Crippen LogP contribution in [-0.4, -0.2) is 56.8 Å². The molecule has 290 valence electrons. The summed E-state index contributed by atoms with van der Waals surface area (Å²) in [4.78, 5) is 25.7. The predicted octanol–water partition coefficient (Wildman–Crippen LogP) is 9.06. The lowest BCUT2D eigenvalue weighted by Crippen LogP contribution is -2.27. The minimum absolute atomic E-state index is 0.0923. The van der Waals surface area contributed by atoms with Gasteiger partial charge in [0, 0.05) is 34.3 Å². The summed E-state index contributed by atoms with van der Waals surface area (Å²) in [6.45, 7) is 2.69. The number of nitrogens with zero attached hydrogens (tertiary/aromatic N) is 1. The fourth-order valence-corrected chi connectivity index (χ4v) is 8.31. The Bertz CT molecular complexity index is 1940. The van der Waals surface area contributed by atoms with Gasteiger partial charge in [0.25, 0.3) is 11.8 Å². The van der Waals surface area contributed by atoms with Crippen molar-refractivity contribution < 1.29 is 37.4 Å². The standard InChI is InChI=1S/C41H51ClN3O8P/c1-28(31-18-21-37(36(24-31)40(43)46)51-26-29-12-6-5-7-13-29)44-41(47)30-16-19-33(20-17-30)53-54(48,45(2)23-11-10-22-42)52-27-32-25-38(49-3)34-14-8-9-15-35(34)39(32)50-4/h8-9,14-21,24-25,28-29H,5-7,10-13,22-23,26-27H2,1-4H3,(H2,43,46)(H,44,47). The summed E-state index contributed by atoms with van der Waals surface area (Å²) in [6.07, 6.45) is 7.30. The number of halogens is 1. The van der Waals surface area contributed by atoms with Gasteiger partial charge in [0.15, 0.2) is 0 Å². The predicted molar refractivity (Wildman–Crippen MR) is 212 cm³/mol. The Morgan fingerprint density at radius 1 is 0.944 bits per heavy atom. The zero-order chi connectivity index (χ0) is 38.7. The molecule has 0 radical (unpaired) electrons. The van der Waals surface area contributed by atoms with Gasteiger partial charge in [0.2, 0.25) is 0 Å². The van der Waals surface area contributed by atoms with E-state index >= 15 is 0 Å². The van der Waals surface area contributed by atoms with E-state index in [9.17, 15) is 14.2 Å². The van der Waals surface area contributed by atoms with Crippen molar-refractivity contribution in [2.24, 2.45) is 11.7 Å². The van der Waals surface area contributed by atoms with Crippen molar-refractivity contribution in [3.05, 3.63) is 95.1 Å². The maximum Gasteiger partial charge on any atom is 0.461 e. The SMILES string of the molecule is COc1cc(COP(=O)(Oc2ccc(C(=O)NC(C)c3ccc(OCC4CCCCC4)c(C(N)=O)c3)cc2)N(C)CCCCCl)c(OC)c2ccccc12. The third kappa shape index (κ3) is 10.3. The average Bonchev–Trinajstić information content (AvgIpc) is 3.19. The molecule has 54 heavy (non-hydrogen) atoms. The second kappa shape index (κ2) is 19.4. The smallest absolute Gasteiger partial charge is 0.461 e. The first-order valence-electron chi connectivity index (χ1n) is 18.4. The first-order chi connectivity index (χ1) is 26.1. The minimum Gasteiger partial charge on any atom is -0.496 e. The molecule has 4 aromatic carbocycles. The van der Waals surface area contributed by atoms with Gasteiger partial charge in [-0.25, -0.2) is 9.24 Å². The lowest BCUT2D eigenvalue weighted by molar-refractivity contribution is 0.0939. The number of ether oxygens (including phenoxy) is 3. The monoisotopic (exact) mass is 779 g/mol. The van der Waals surface area contributed by atoms with Crippen molar-refractivity contribution in [2.45, 2.75) is 64.5 Å². The van der Waals surface area contributed by atoms with E-state index in [1.54, 1.807) is 62.3 Å². The second-order valence-corrected chi connectivity index (χ2v) is 16.0. The van der Waals surface area contributed by atoms with Gasteiger partial charge in [-0.05, 0) is 93.6 Å². The van der Waals surface area contributed by atoms with E-state index < -0.39 is 19.7 Å². The molecule has 0 heterocycles. The van der Waals surface area contributed by atoms with Crippen LogP contribution in [0.4, 0.5) is 0 Å². The van der Waals surface area contributed by atoms with E-state index in [0.717, 1.165) is 30.0 Å². The molecule has 2 unspecified atom stereocenters. The van der Waals surface area contributed by atoms with Crippen LogP contribution in [0.25, 0.3) is 10.8 Å². The maximum absolute atomic E-state index is 14.5. The number of nitrogens with one attached hydrogen (secondary N) is 1. The topological polar surface area (TPSA) is 139 Å². The fraction of sp³-hybridized carbons (Fsp3) is 0.415. The summed E-state index contributed by atoms with van der Waals surface area (Å²) in [6, 6.07) is 20.6. The number of methoxy groups -OCH3 is 2. The zero-order valence-electron chi connectivity index (χ0n) is 31.5. The number of nitrogens with two attached hydrogens (primary N) is 1. The molecule has 1 aliphatic rings. The van der Waals surface area contributed by atoms with Gasteiger partial charge < -0.3 is 29.8 Å². The molecular formula is C41H51ClN3O8P. The van der Waals surface area contributed by atoms with Crippen molar-refractivity contribution >= 4 is 41.9 Å². The van der Waals surface area contributed by atoms with Crippen LogP contribution in [0.3, 0.4) is 0 Å². The number of hydrogen-bond donors (Lipinski definition) is 2. The molecule has 0 spiro atoms. The number of alkyl halides is 1. The van der Waals surface area contributed by atoms with E-state index in [1.165, 1.54) is 19.3 Å². The molecule has 2 atom stereocenters. The van der Waals surface area contributed by atoms with Crippen LogP contribution in [0.2, 0.25) is 0 Å². The molecule has 1 aliphatic carbocycles. The van der Waals surface area contributed by atoms with Crippen molar-refractivity contribution in [3.63, 3.8) is 0 Å². The van der Waals surface area contributed by atoms with Crippen molar-refractivity contribution in [3.8, 4) is 23.0 Å². The van der Waals surface area contributed by atoms with Crippen molar-refractivity contribution in [2.75, 3.05) is 40.3 Å². The summed E-state index contributed by atoms with van der Waals surface area (Å²) in [5.41, 5.74) is 7.70. The second-order valence-electron chi connectivity index (χ2n) is 13.6. The Kier molecular flexibility index (Phi) is 14.7. The Morgan fingerprint density at radius 3 is 2.33 bits per heavy atom. The van der Waals surface area contributed by atoms with E-state index in [0.29, 0.717) is 65.3 Å². The third-order valence-corrected chi connectivity index (χ3v) is 12.0. The molecule has 2 amide bonds. The number of fused-ring (bicyclic) bond motifs is 1. The lowest BCUT2D eigenvalue weighted by atomic mass is 9.90. The molecule has 0 aliphatic heterocycles. The molecular weight excluding hydrogens is 729 g/mol. The average molecular weight is 780 g/mol. The molecule has 1 saturated carbocycles. The highest BCUT2D eigenvalue weighted by molar-refractivity contribution is 7.51. The Balaban J connectivity index is 1.28. The van der Waals surface area contributed by atoms with Crippen molar-refractivity contribution in [1.29, 1.82) is 0 Å². The fourth-order valence-electron chi connectivity index (χ4n) is 6.65. The van der Waals surface area contributed by atoms with Crippen LogP contribution in [-0.2, 0) is 15.7 Å². The Morgan fingerprint density at radius 2 is 1.67 bits per heavy atom. The van der Waals surface area contributed by atoms with Crippen LogP contribution in [0.15, 0.2) is 72.8 Å². The molecule has 3 N–H and O–H groups in total. The summed E-state index contributed by atoms with van der Waals surface area (Å²) in [5.74, 6) is 1.93. The summed E-state index contributed by atoms with van der Waals surface area (Å²) in [5, 5.41) is 4.68. The van der Waals surface area contributed by atoms with Crippen LogP contribution >= 0.6 is 19.3 Å². The van der Waals surface area contributed by atoms with Gasteiger partial charge in [-0.1, -0.05) is 49.6 Å². The number of rotatable bonds is 19. The van der Waals surface area contributed by atoms with Gasteiger partial charge in [-0.2, -0.15) is 0 Å². The highest BCUT2D eigenvalue weighted by Crippen LogP contribution is 2.52. The molecule has 13 heteroatoms. The van der Waals surface area contributed by atoms with Crippen LogP contribution in [0.5, 0.6) is 23.0 Å². The number of amides is 2. The molecule has 5 rings (SSSR count). The van der Waals surface area contributed by atoms with Gasteiger partial charge >= 0.3 is 7.75 Å². The van der Waals surface area contributed by atoms with E-state index in [1.807, 2.05) is 43.3 Å². The Hall–Kier alpha value is -4.28. The van der Waals surface area contributed by atoms with Gasteiger partial charge in [-0.3, -0.25) is 14.1 Å². The normalized spacial score (nSPS) is 15.0. The van der Waals surface area contributed by atoms with Gasteiger partial charge in [0.1, 0.15) is 23.0 Å². The number of benzene rings is 4. The lowest BCUT2D eigenvalue weighted by Gasteiger charge is -2.27. The van der Waals surface area contributed by atoms with E-state index in [-0.39, 0.29) is 23.8 Å². The van der Waals surface area contributed by atoms with Crippen LogP contribution in [0.1, 0.15) is 89.8 Å². The third-order valence-electron chi connectivity index (χ3n) is 9.78. The molecule has 4 aromatic rings.